The maximum absolute atomic E-state index is 9.08. The number of benzene rings is 2. The number of hydrogen-bond acceptors (Lipinski definition) is 5. The lowest BCUT2D eigenvalue weighted by Gasteiger charge is -2.11. The van der Waals surface area contributed by atoms with Gasteiger partial charge in [-0.05, 0) is 43.3 Å². The number of aromatic nitrogens is 3. The van der Waals surface area contributed by atoms with Crippen LogP contribution in [0.4, 0.5) is 0 Å². The number of thioether (sulfide) groups is 1. The molecule has 0 aliphatic rings. The van der Waals surface area contributed by atoms with Crippen molar-refractivity contribution in [3.63, 3.8) is 0 Å². The second-order valence-electron chi connectivity index (χ2n) is 5.20. The third kappa shape index (κ3) is 4.32. The molecule has 0 saturated carbocycles. The molecule has 1 atom stereocenters. The summed E-state index contributed by atoms with van der Waals surface area (Å²) in [5.41, 5.74) is 0.926. The first-order chi connectivity index (χ1) is 12.2. The molecule has 0 aliphatic carbocycles. The lowest BCUT2D eigenvalue weighted by molar-refractivity contribution is 0.293. The van der Waals surface area contributed by atoms with Gasteiger partial charge in [-0.1, -0.05) is 41.6 Å². The highest BCUT2D eigenvalue weighted by atomic mass is 35.5. The fourth-order valence-corrected chi connectivity index (χ4v) is 3.07. The molecule has 0 N–H and O–H groups in total. The second-order valence-corrected chi connectivity index (χ2v) is 6.95. The number of halogens is 1. The van der Waals surface area contributed by atoms with E-state index < -0.39 is 0 Å². The largest absolute Gasteiger partial charge is 0.486 e. The number of para-hydroxylation sites is 1. The van der Waals surface area contributed by atoms with Crippen molar-refractivity contribution in [2.45, 2.75) is 23.9 Å². The molecule has 3 aromatic rings. The van der Waals surface area contributed by atoms with Crippen LogP contribution in [0.2, 0.25) is 5.02 Å². The highest BCUT2D eigenvalue weighted by Crippen LogP contribution is 2.26. The van der Waals surface area contributed by atoms with Gasteiger partial charge < -0.3 is 4.74 Å². The normalized spacial score (nSPS) is 11.7. The molecule has 0 spiro atoms. The monoisotopic (exact) mass is 370 g/mol. The van der Waals surface area contributed by atoms with E-state index in [-0.39, 0.29) is 11.9 Å². The van der Waals surface area contributed by atoms with E-state index in [1.807, 2.05) is 41.8 Å². The Balaban J connectivity index is 1.88. The van der Waals surface area contributed by atoms with Crippen molar-refractivity contribution < 1.29 is 4.74 Å². The number of nitriles is 1. The van der Waals surface area contributed by atoms with Gasteiger partial charge in [0.2, 0.25) is 0 Å². The molecule has 0 radical (unpaired) electrons. The summed E-state index contributed by atoms with van der Waals surface area (Å²) in [6.07, 6.45) is 0. The molecule has 3 rings (SSSR count). The summed E-state index contributed by atoms with van der Waals surface area (Å²) in [6.45, 7) is 2.09. The highest BCUT2D eigenvalue weighted by Gasteiger charge is 2.17. The number of rotatable bonds is 6. The van der Waals surface area contributed by atoms with E-state index in [9.17, 15) is 0 Å². The van der Waals surface area contributed by atoms with E-state index in [1.54, 1.807) is 24.3 Å². The fourth-order valence-electron chi connectivity index (χ4n) is 2.17. The van der Waals surface area contributed by atoms with Crippen molar-refractivity contribution in [1.82, 2.24) is 14.8 Å². The van der Waals surface area contributed by atoms with Gasteiger partial charge in [-0.15, -0.1) is 10.2 Å². The summed E-state index contributed by atoms with van der Waals surface area (Å²) < 4.78 is 7.71. The Labute approximate surface area is 155 Å². The smallest absolute Gasteiger partial charge is 0.197 e. The predicted molar refractivity (Wildman–Crippen MR) is 98.1 cm³/mol. The molecule has 25 heavy (non-hydrogen) atoms. The summed E-state index contributed by atoms with van der Waals surface area (Å²) in [7, 11) is 0. The zero-order valence-corrected chi connectivity index (χ0v) is 15.0. The SMILES string of the molecule is CC(C#N)Sc1nnc(COc2ccc(Cl)cc2)n1-c1ccccc1. The highest BCUT2D eigenvalue weighted by molar-refractivity contribution is 8.00. The standard InChI is InChI=1S/C18H15ClN4OS/c1-13(11-20)25-18-22-21-17(23(18)15-5-3-2-4-6-15)12-24-16-9-7-14(19)8-10-16/h2-10,13H,12H2,1H3. The molecule has 2 aromatic carbocycles. The minimum absolute atomic E-state index is 0.225. The fraction of sp³-hybridized carbons (Fsp3) is 0.167. The summed E-state index contributed by atoms with van der Waals surface area (Å²) >= 11 is 7.25. The van der Waals surface area contributed by atoms with Gasteiger partial charge >= 0.3 is 0 Å². The molecule has 0 fully saturated rings. The number of nitrogens with zero attached hydrogens (tertiary/aromatic N) is 4. The first-order valence-corrected chi connectivity index (χ1v) is 8.87. The average Bonchev–Trinajstić information content (AvgIpc) is 3.04. The average molecular weight is 371 g/mol. The second kappa shape index (κ2) is 8.06. The van der Waals surface area contributed by atoms with E-state index in [0.29, 0.717) is 21.8 Å². The molecule has 7 heteroatoms. The number of hydrogen-bond donors (Lipinski definition) is 0. The molecule has 1 unspecified atom stereocenters. The molecule has 1 aromatic heterocycles. The molecule has 126 valence electrons. The first-order valence-electron chi connectivity index (χ1n) is 7.61. The summed E-state index contributed by atoms with van der Waals surface area (Å²) in [6, 6.07) is 19.1. The van der Waals surface area contributed by atoms with E-state index in [0.717, 1.165) is 5.69 Å². The van der Waals surface area contributed by atoms with Crippen molar-refractivity contribution in [2.75, 3.05) is 0 Å². The van der Waals surface area contributed by atoms with Gasteiger partial charge in [0.15, 0.2) is 11.0 Å². The van der Waals surface area contributed by atoms with Crippen LogP contribution in [-0.2, 0) is 6.61 Å². The topological polar surface area (TPSA) is 63.7 Å². The van der Waals surface area contributed by atoms with E-state index in [2.05, 4.69) is 16.3 Å². The summed E-state index contributed by atoms with van der Waals surface area (Å²) in [4.78, 5) is 0. The van der Waals surface area contributed by atoms with Crippen molar-refractivity contribution in [3.8, 4) is 17.5 Å². The molecular formula is C18H15ClN4OS. The van der Waals surface area contributed by atoms with Gasteiger partial charge in [-0.2, -0.15) is 5.26 Å². The Morgan fingerprint density at radius 3 is 2.56 bits per heavy atom. The Morgan fingerprint density at radius 1 is 1.16 bits per heavy atom. The molecule has 0 amide bonds. The van der Waals surface area contributed by atoms with Crippen molar-refractivity contribution in [1.29, 1.82) is 5.26 Å². The molecule has 0 aliphatic heterocycles. The lowest BCUT2D eigenvalue weighted by atomic mass is 10.3. The predicted octanol–water partition coefficient (Wildman–Crippen LogP) is 4.50. The Bertz CT molecular complexity index is 874. The maximum Gasteiger partial charge on any atom is 0.197 e. The van der Waals surface area contributed by atoms with Crippen LogP contribution in [0.3, 0.4) is 0 Å². The van der Waals surface area contributed by atoms with Crippen molar-refractivity contribution in [3.05, 3.63) is 65.4 Å². The molecular weight excluding hydrogens is 356 g/mol. The Morgan fingerprint density at radius 2 is 1.88 bits per heavy atom. The summed E-state index contributed by atoms with van der Waals surface area (Å²) in [5, 5.41) is 18.6. The van der Waals surface area contributed by atoms with E-state index in [1.165, 1.54) is 11.8 Å². The number of ether oxygens (including phenoxy) is 1. The zero-order valence-electron chi connectivity index (χ0n) is 13.5. The lowest BCUT2D eigenvalue weighted by Crippen LogP contribution is -2.07. The van der Waals surface area contributed by atoms with Crippen LogP contribution in [0.15, 0.2) is 59.8 Å². The van der Waals surface area contributed by atoms with Crippen LogP contribution in [-0.4, -0.2) is 20.0 Å². The molecule has 5 nitrogen and oxygen atoms in total. The van der Waals surface area contributed by atoms with Gasteiger partial charge in [0, 0.05) is 10.7 Å². The van der Waals surface area contributed by atoms with Gasteiger partial charge in [-0.25, -0.2) is 0 Å². The zero-order chi connectivity index (χ0) is 17.6. The van der Waals surface area contributed by atoms with E-state index in [4.69, 9.17) is 21.6 Å². The van der Waals surface area contributed by atoms with Crippen LogP contribution in [0.1, 0.15) is 12.7 Å². The van der Waals surface area contributed by atoms with Crippen LogP contribution in [0.25, 0.3) is 5.69 Å². The Hall–Kier alpha value is -2.49. The van der Waals surface area contributed by atoms with Crippen LogP contribution in [0.5, 0.6) is 5.75 Å². The van der Waals surface area contributed by atoms with Gasteiger partial charge in [0.25, 0.3) is 0 Å². The van der Waals surface area contributed by atoms with Crippen LogP contribution >= 0.6 is 23.4 Å². The van der Waals surface area contributed by atoms with Crippen LogP contribution < -0.4 is 4.74 Å². The molecule has 1 heterocycles. The van der Waals surface area contributed by atoms with Crippen molar-refractivity contribution in [2.24, 2.45) is 0 Å². The van der Waals surface area contributed by atoms with Gasteiger partial charge in [0.1, 0.15) is 12.4 Å². The van der Waals surface area contributed by atoms with Crippen LogP contribution in [0, 0.1) is 11.3 Å². The maximum atomic E-state index is 9.08. The minimum atomic E-state index is -0.225. The quantitative estimate of drug-likeness (QED) is 0.597. The summed E-state index contributed by atoms with van der Waals surface area (Å²) in [5.74, 6) is 1.36. The van der Waals surface area contributed by atoms with E-state index >= 15 is 0 Å². The first kappa shape index (κ1) is 17.3. The Kier molecular flexibility index (Phi) is 5.59. The third-order valence-electron chi connectivity index (χ3n) is 3.36. The third-order valence-corrected chi connectivity index (χ3v) is 4.55. The molecule has 0 saturated heterocycles. The molecule has 0 bridgehead atoms. The van der Waals surface area contributed by atoms with Crippen molar-refractivity contribution >= 4 is 23.4 Å². The van der Waals surface area contributed by atoms with Gasteiger partial charge in [-0.3, -0.25) is 4.57 Å². The minimum Gasteiger partial charge on any atom is -0.486 e. The van der Waals surface area contributed by atoms with Gasteiger partial charge in [0.05, 0.1) is 11.3 Å².